The number of hydrogen-bond acceptors (Lipinski definition) is 2. The molecule has 0 aromatic carbocycles. The van der Waals surface area contributed by atoms with Crippen molar-refractivity contribution in [3.8, 4) is 0 Å². The SMILES string of the molecule is C=C1CC(=O)C=CC1[C@@H]1C[C@H](CC)C(C)[C@@H]1C.C=C1CC(=O)C=CC1[C@@H]1C[C@H](CC)C(C)[C@@H]1CCCC(C)(C)C(C)(C)C(C)(C)C(C)(C)C(C)(C)C(C)(C)C.CCCCC(C)(C)C(C)(C)C(C)(C)C(C)(C)C(C)(C)C(C)(C)C. The average Bonchev–Trinajstić information content (AvgIpc) is 3.76. The zero-order valence-electron chi connectivity index (χ0n) is 58.8. The van der Waals surface area contributed by atoms with Gasteiger partial charge in [-0.25, -0.2) is 0 Å². The van der Waals surface area contributed by atoms with Gasteiger partial charge in [-0.15, -0.1) is 0 Å². The fraction of sp³-hybridized carbons (Fsp3) is 0.868. The van der Waals surface area contributed by atoms with Crippen LogP contribution in [0, 0.1) is 124 Å². The second kappa shape index (κ2) is 25.3. The summed E-state index contributed by atoms with van der Waals surface area (Å²) < 4.78 is 0. The molecule has 0 radical (unpaired) electrons. The van der Waals surface area contributed by atoms with Gasteiger partial charge in [-0.05, 0) is 157 Å². The highest BCUT2D eigenvalue weighted by Gasteiger charge is 2.62. The van der Waals surface area contributed by atoms with Crippen LogP contribution in [0.5, 0.6) is 0 Å². The van der Waals surface area contributed by atoms with Crippen molar-refractivity contribution in [1.29, 1.82) is 0 Å². The molecule has 0 saturated heterocycles. The minimum Gasteiger partial charge on any atom is -0.295 e. The smallest absolute Gasteiger partial charge is 0.159 e. The molecule has 0 spiro atoms. The molecule has 0 aromatic rings. The van der Waals surface area contributed by atoms with Crippen LogP contribution in [0.15, 0.2) is 48.6 Å². The molecule has 0 aliphatic heterocycles. The second-order valence-corrected chi connectivity index (χ2v) is 35.0. The summed E-state index contributed by atoms with van der Waals surface area (Å²) in [5.74, 6) is 7.32. The zero-order chi connectivity index (χ0) is 61.4. The molecule has 0 aromatic heterocycles. The van der Waals surface area contributed by atoms with Crippen LogP contribution >= 0.6 is 0 Å². The molecule has 4 aliphatic rings. The standard InChI is InChI=1S/C37H66O.C23H48.C16H24O/c1-17-27-24-31(29-21-20-28(38)23-25(29)2)30(26(27)3)19-18-22-33(7,8)35(11,12)37(15,16)36(13,14)34(9,10)32(4,5)6;1-15-16-17-19(5,6)21(9,10)23(13,14)22(11,12)20(7,8)18(2,3)4;1-5-13-9-16(12(4)11(13)3)15-7-6-14(17)8-10(15)2/h20-21,26-27,29-31H,2,17-19,22-24H2,1,3-16H3;15-17H2,1-14H3;6-7,11-13,15-16H,2,5,8-9H2,1,3-4H3/t26?,27-,29?,30-,31-;;11?,12-,13-,15?,16+/m0.0/s1. The summed E-state index contributed by atoms with van der Waals surface area (Å²) in [6.07, 6.45) is 21.9. The number of carbonyl (C=O) groups is 2. The van der Waals surface area contributed by atoms with Crippen LogP contribution in [0.25, 0.3) is 0 Å². The lowest BCUT2D eigenvalue weighted by atomic mass is 9.39. The van der Waals surface area contributed by atoms with Gasteiger partial charge in [-0.2, -0.15) is 0 Å². The Labute approximate surface area is 490 Å². The second-order valence-electron chi connectivity index (χ2n) is 35.0. The lowest BCUT2D eigenvalue weighted by Crippen LogP contribution is -2.59. The first-order valence-electron chi connectivity index (χ1n) is 32.6. The molecule has 0 heterocycles. The van der Waals surface area contributed by atoms with Crippen molar-refractivity contribution in [2.24, 2.45) is 124 Å². The van der Waals surface area contributed by atoms with E-state index in [1.54, 1.807) is 6.08 Å². The monoisotopic (exact) mass is 1080 g/mol. The van der Waals surface area contributed by atoms with Gasteiger partial charge in [0.2, 0.25) is 0 Å². The molecule has 4 rings (SSSR count). The number of unbranched alkanes of at least 4 members (excludes halogenated alkanes) is 1. The lowest BCUT2D eigenvalue weighted by molar-refractivity contribution is -0.171. The summed E-state index contributed by atoms with van der Waals surface area (Å²) in [5.41, 5.74) is 4.86. The summed E-state index contributed by atoms with van der Waals surface area (Å²) in [5, 5.41) is 0. The molecule has 0 bridgehead atoms. The molecule has 454 valence electrons. The van der Waals surface area contributed by atoms with E-state index in [-0.39, 0.29) is 71.1 Å². The molecule has 2 heteroatoms. The van der Waals surface area contributed by atoms with Crippen molar-refractivity contribution >= 4 is 11.6 Å². The highest BCUT2D eigenvalue weighted by atomic mass is 16.1. The molecule has 2 saturated carbocycles. The van der Waals surface area contributed by atoms with Gasteiger partial charge < -0.3 is 0 Å². The fourth-order valence-corrected chi connectivity index (χ4v) is 16.6. The summed E-state index contributed by atoms with van der Waals surface area (Å²) >= 11 is 0. The van der Waals surface area contributed by atoms with Gasteiger partial charge in [0, 0.05) is 24.7 Å². The maximum atomic E-state index is 12.0. The van der Waals surface area contributed by atoms with Crippen LogP contribution in [0.2, 0.25) is 0 Å². The van der Waals surface area contributed by atoms with Gasteiger partial charge in [0.1, 0.15) is 0 Å². The van der Waals surface area contributed by atoms with Gasteiger partial charge in [0.05, 0.1) is 0 Å². The zero-order valence-corrected chi connectivity index (χ0v) is 58.8. The summed E-state index contributed by atoms with van der Waals surface area (Å²) in [6, 6.07) is 0. The highest BCUT2D eigenvalue weighted by molar-refractivity contribution is 5.93. The van der Waals surface area contributed by atoms with Crippen LogP contribution in [0.4, 0.5) is 0 Å². The van der Waals surface area contributed by atoms with E-state index in [0.29, 0.717) is 41.9 Å². The van der Waals surface area contributed by atoms with Gasteiger partial charge in [-0.1, -0.05) is 290 Å². The topological polar surface area (TPSA) is 34.1 Å². The predicted octanol–water partition coefficient (Wildman–Crippen LogP) is 23.7. The van der Waals surface area contributed by atoms with Crippen LogP contribution in [-0.2, 0) is 9.59 Å². The van der Waals surface area contributed by atoms with E-state index in [4.69, 9.17) is 0 Å². The van der Waals surface area contributed by atoms with Crippen LogP contribution < -0.4 is 0 Å². The van der Waals surface area contributed by atoms with Crippen molar-refractivity contribution in [2.75, 3.05) is 0 Å². The molecule has 4 aliphatic carbocycles. The number of carbonyl (C=O) groups excluding carboxylic acids is 2. The van der Waals surface area contributed by atoms with E-state index in [0.717, 1.165) is 46.7 Å². The molecule has 4 unspecified atom stereocenters. The Morgan fingerprint density at radius 3 is 1.06 bits per heavy atom. The Morgan fingerprint density at radius 1 is 0.423 bits per heavy atom. The molecule has 0 N–H and O–H groups in total. The highest BCUT2D eigenvalue weighted by Crippen LogP contribution is 2.69. The Bertz CT molecular complexity index is 2060. The first kappa shape index (κ1) is 72.4. The minimum absolute atomic E-state index is 0.133. The lowest BCUT2D eigenvalue weighted by Gasteiger charge is -2.65. The number of ketones is 2. The van der Waals surface area contributed by atoms with Gasteiger partial charge in [0.15, 0.2) is 11.6 Å². The maximum absolute atomic E-state index is 12.0. The van der Waals surface area contributed by atoms with Crippen molar-refractivity contribution in [1.82, 2.24) is 0 Å². The van der Waals surface area contributed by atoms with Crippen molar-refractivity contribution in [3.05, 3.63) is 48.6 Å². The third-order valence-corrected chi connectivity index (χ3v) is 29.1. The molecule has 2 fully saturated rings. The van der Waals surface area contributed by atoms with E-state index in [2.05, 4.69) is 247 Å². The fourth-order valence-electron chi connectivity index (χ4n) is 16.6. The maximum Gasteiger partial charge on any atom is 0.159 e. The molecule has 2 nitrogen and oxygen atoms in total. The first-order chi connectivity index (χ1) is 34.8. The Hall–Kier alpha value is -1.70. The van der Waals surface area contributed by atoms with Gasteiger partial charge in [0.25, 0.3) is 0 Å². The molecule has 78 heavy (non-hydrogen) atoms. The molecular formula is C76H138O2. The van der Waals surface area contributed by atoms with E-state index in [1.165, 1.54) is 64.2 Å². The Morgan fingerprint density at radius 2 is 0.744 bits per heavy atom. The molecule has 10 atom stereocenters. The van der Waals surface area contributed by atoms with Gasteiger partial charge in [-0.3, -0.25) is 9.59 Å². The first-order valence-corrected chi connectivity index (χ1v) is 32.6. The number of rotatable bonds is 19. The van der Waals surface area contributed by atoms with E-state index >= 15 is 0 Å². The van der Waals surface area contributed by atoms with Gasteiger partial charge >= 0.3 is 0 Å². The minimum atomic E-state index is 0.133. The summed E-state index contributed by atoms with van der Waals surface area (Å²) in [7, 11) is 0. The van der Waals surface area contributed by atoms with Crippen LogP contribution in [-0.4, -0.2) is 11.6 Å². The normalized spacial score (nSPS) is 27.7. The molecule has 0 amide bonds. The number of hydrogen-bond donors (Lipinski definition) is 0. The Kier molecular flexibility index (Phi) is 23.4. The van der Waals surface area contributed by atoms with Crippen LogP contribution in [0.3, 0.4) is 0 Å². The van der Waals surface area contributed by atoms with Crippen molar-refractivity contribution < 1.29 is 9.59 Å². The largest absolute Gasteiger partial charge is 0.295 e. The van der Waals surface area contributed by atoms with E-state index < -0.39 is 0 Å². The predicted molar refractivity (Wildman–Crippen MR) is 348 cm³/mol. The third-order valence-electron chi connectivity index (χ3n) is 29.1. The van der Waals surface area contributed by atoms with Crippen molar-refractivity contribution in [2.45, 2.75) is 299 Å². The van der Waals surface area contributed by atoms with Crippen molar-refractivity contribution in [3.63, 3.8) is 0 Å². The molecular weight excluding hydrogens is 945 g/mol. The van der Waals surface area contributed by atoms with Crippen LogP contribution in [0.1, 0.15) is 299 Å². The summed E-state index contributed by atoms with van der Waals surface area (Å²) in [4.78, 5) is 23.3. The number of allylic oxidation sites excluding steroid dienone is 6. The average molecular weight is 1080 g/mol. The Balaban J connectivity index is 0.000000440. The van der Waals surface area contributed by atoms with E-state index in [9.17, 15) is 9.59 Å². The third kappa shape index (κ3) is 13.8. The van der Waals surface area contributed by atoms with E-state index in [1.807, 2.05) is 6.08 Å². The summed E-state index contributed by atoms with van der Waals surface area (Å²) in [6.45, 7) is 87.5. The quantitative estimate of drug-likeness (QED) is 0.121.